The largest absolute Gasteiger partial charge is 0.485 e. The summed E-state index contributed by atoms with van der Waals surface area (Å²) in [6, 6.07) is 6.14. The molecule has 2 N–H and O–H groups in total. The summed E-state index contributed by atoms with van der Waals surface area (Å²) in [5, 5.41) is 6.90. The van der Waals surface area contributed by atoms with Crippen molar-refractivity contribution in [2.75, 3.05) is 41.8 Å². The Morgan fingerprint density at radius 3 is 2.50 bits per heavy atom. The molecule has 202 valence electrons. The van der Waals surface area contributed by atoms with Crippen LogP contribution in [0.4, 0.5) is 26.0 Å². The molecular formula is C28H33F2N5O3. The molecule has 2 aliphatic rings. The number of amides is 1. The van der Waals surface area contributed by atoms with Gasteiger partial charge >= 0.3 is 0 Å². The van der Waals surface area contributed by atoms with Crippen LogP contribution >= 0.6 is 0 Å². The second kappa shape index (κ2) is 9.98. The van der Waals surface area contributed by atoms with Crippen LogP contribution in [0.3, 0.4) is 0 Å². The van der Waals surface area contributed by atoms with Crippen LogP contribution in [0.15, 0.2) is 24.3 Å². The molecule has 2 aromatic carbocycles. The zero-order valence-electron chi connectivity index (χ0n) is 22.3. The van der Waals surface area contributed by atoms with Gasteiger partial charge in [0, 0.05) is 48.6 Å². The molecule has 1 amide bonds. The Bertz CT molecular complexity index is 1390. The van der Waals surface area contributed by atoms with Gasteiger partial charge in [-0.25, -0.2) is 18.7 Å². The van der Waals surface area contributed by atoms with Gasteiger partial charge in [0.05, 0.1) is 30.5 Å². The Labute approximate surface area is 220 Å². The van der Waals surface area contributed by atoms with E-state index in [0.29, 0.717) is 42.5 Å². The first-order valence-electron chi connectivity index (χ1n) is 12.8. The molecule has 3 heterocycles. The third kappa shape index (κ3) is 5.22. The van der Waals surface area contributed by atoms with Crippen molar-refractivity contribution in [3.8, 4) is 5.75 Å². The number of rotatable bonds is 6. The van der Waals surface area contributed by atoms with Gasteiger partial charge in [-0.05, 0) is 57.5 Å². The number of ether oxygens (including phenoxy) is 2. The molecule has 1 fully saturated rings. The molecule has 2 aliphatic heterocycles. The van der Waals surface area contributed by atoms with E-state index in [1.165, 1.54) is 19.1 Å². The van der Waals surface area contributed by atoms with Gasteiger partial charge in [0.2, 0.25) is 5.91 Å². The SMILES string of the molecule is CC(=O)Nc1cc(C(F)F)cc(C(C)Nc2nc(C)nc3c4c(c(N5CCOCC5)cc23)OC(C)(C)C4)c1. The molecule has 10 heteroatoms. The van der Waals surface area contributed by atoms with E-state index in [-0.39, 0.29) is 23.1 Å². The number of hydrogen-bond acceptors (Lipinski definition) is 7. The third-order valence-corrected chi connectivity index (χ3v) is 6.87. The predicted octanol–water partition coefficient (Wildman–Crippen LogP) is 5.56. The van der Waals surface area contributed by atoms with Crippen molar-refractivity contribution in [3.05, 3.63) is 46.8 Å². The average Bonchev–Trinajstić information content (AvgIpc) is 3.18. The summed E-state index contributed by atoms with van der Waals surface area (Å²) >= 11 is 0. The smallest absolute Gasteiger partial charge is 0.263 e. The minimum Gasteiger partial charge on any atom is -0.485 e. The number of alkyl halides is 2. The summed E-state index contributed by atoms with van der Waals surface area (Å²) in [6.45, 7) is 12.0. The number of fused-ring (bicyclic) bond motifs is 3. The summed E-state index contributed by atoms with van der Waals surface area (Å²) < 4.78 is 39.3. The Balaban J connectivity index is 1.59. The zero-order chi connectivity index (χ0) is 27.2. The van der Waals surface area contributed by atoms with Crippen LogP contribution < -0.4 is 20.3 Å². The second-order valence-electron chi connectivity index (χ2n) is 10.6. The van der Waals surface area contributed by atoms with Crippen molar-refractivity contribution in [2.45, 2.75) is 59.1 Å². The summed E-state index contributed by atoms with van der Waals surface area (Å²) in [7, 11) is 0. The van der Waals surface area contributed by atoms with Gasteiger partial charge in [-0.3, -0.25) is 4.79 Å². The second-order valence-corrected chi connectivity index (χ2v) is 10.6. The molecule has 0 saturated carbocycles. The van der Waals surface area contributed by atoms with Gasteiger partial charge in [0.25, 0.3) is 6.43 Å². The Hall–Kier alpha value is -3.53. The molecule has 8 nitrogen and oxygen atoms in total. The van der Waals surface area contributed by atoms with E-state index in [1.54, 1.807) is 6.07 Å². The first-order valence-corrected chi connectivity index (χ1v) is 12.8. The van der Waals surface area contributed by atoms with Gasteiger partial charge in [0.15, 0.2) is 0 Å². The lowest BCUT2D eigenvalue weighted by molar-refractivity contribution is -0.114. The maximum Gasteiger partial charge on any atom is 0.263 e. The van der Waals surface area contributed by atoms with Crippen LogP contribution in [-0.4, -0.2) is 47.8 Å². The van der Waals surface area contributed by atoms with Crippen LogP contribution in [0.25, 0.3) is 10.9 Å². The van der Waals surface area contributed by atoms with Gasteiger partial charge in [0.1, 0.15) is 23.0 Å². The molecule has 0 spiro atoms. The summed E-state index contributed by atoms with van der Waals surface area (Å²) in [4.78, 5) is 23.4. The highest BCUT2D eigenvalue weighted by atomic mass is 19.3. The van der Waals surface area contributed by atoms with Gasteiger partial charge in [-0.15, -0.1) is 0 Å². The number of morpholine rings is 1. The maximum atomic E-state index is 13.6. The fourth-order valence-corrected chi connectivity index (χ4v) is 5.19. The molecule has 0 radical (unpaired) electrons. The number of nitrogens with zero attached hydrogens (tertiary/aromatic N) is 3. The molecule has 1 saturated heterocycles. The van der Waals surface area contributed by atoms with Crippen LogP contribution in [0.1, 0.15) is 62.7 Å². The van der Waals surface area contributed by atoms with Crippen molar-refractivity contribution >= 4 is 34.0 Å². The third-order valence-electron chi connectivity index (χ3n) is 6.87. The van der Waals surface area contributed by atoms with Gasteiger partial charge in [-0.2, -0.15) is 0 Å². The highest BCUT2D eigenvalue weighted by molar-refractivity contribution is 5.97. The molecule has 38 heavy (non-hydrogen) atoms. The Morgan fingerprint density at radius 2 is 1.82 bits per heavy atom. The quantitative estimate of drug-likeness (QED) is 0.436. The molecule has 0 aliphatic carbocycles. The topological polar surface area (TPSA) is 88.6 Å². The minimum atomic E-state index is -2.67. The van der Waals surface area contributed by atoms with E-state index in [1.807, 2.05) is 13.8 Å². The number of hydrogen-bond donors (Lipinski definition) is 2. The van der Waals surface area contributed by atoms with Crippen molar-refractivity contribution in [3.63, 3.8) is 0 Å². The number of aryl methyl sites for hydroxylation is 1. The number of carbonyl (C=O) groups is 1. The molecule has 1 unspecified atom stereocenters. The Morgan fingerprint density at radius 1 is 1.11 bits per heavy atom. The lowest BCUT2D eigenvalue weighted by Crippen LogP contribution is -2.36. The fraction of sp³-hybridized carbons (Fsp3) is 0.464. The number of nitrogens with one attached hydrogen (secondary N) is 2. The summed E-state index contributed by atoms with van der Waals surface area (Å²) in [5.41, 5.74) is 3.26. The predicted molar refractivity (Wildman–Crippen MR) is 143 cm³/mol. The summed E-state index contributed by atoms with van der Waals surface area (Å²) in [5.74, 6) is 1.74. The zero-order valence-corrected chi connectivity index (χ0v) is 22.3. The molecule has 1 aromatic heterocycles. The van der Waals surface area contributed by atoms with Crippen LogP contribution in [0, 0.1) is 6.92 Å². The lowest BCUT2D eigenvalue weighted by Gasteiger charge is -2.31. The molecule has 1 atom stereocenters. The van der Waals surface area contributed by atoms with E-state index in [4.69, 9.17) is 19.4 Å². The van der Waals surface area contributed by atoms with E-state index >= 15 is 0 Å². The number of carbonyl (C=O) groups excluding carboxylic acids is 1. The highest BCUT2D eigenvalue weighted by Gasteiger charge is 2.36. The number of halogens is 2. The van der Waals surface area contributed by atoms with Crippen LogP contribution in [0.2, 0.25) is 0 Å². The standard InChI is InChI=1S/C28H33F2N5O3/c1-15(18-10-19(26(29)30)12-20(11-18)34-17(3)36)31-27-21-13-23(35-6-8-37-9-7-35)25-22(14-28(4,5)38-25)24(21)32-16(2)33-27/h10-13,15,26H,6-9,14H2,1-5H3,(H,34,36)(H,31,32,33). The first-order chi connectivity index (χ1) is 18.0. The number of aromatic nitrogens is 2. The molecular weight excluding hydrogens is 492 g/mol. The van der Waals surface area contributed by atoms with Crippen molar-refractivity contribution in [1.29, 1.82) is 0 Å². The van der Waals surface area contributed by atoms with Crippen LogP contribution in [0.5, 0.6) is 5.75 Å². The molecule has 5 rings (SSSR count). The van der Waals surface area contributed by atoms with Crippen molar-refractivity contribution in [1.82, 2.24) is 9.97 Å². The van der Waals surface area contributed by atoms with Gasteiger partial charge < -0.3 is 25.0 Å². The van der Waals surface area contributed by atoms with Gasteiger partial charge in [-0.1, -0.05) is 0 Å². The first kappa shape index (κ1) is 26.1. The Kier molecular flexibility index (Phi) is 6.85. The maximum absolute atomic E-state index is 13.6. The van der Waals surface area contributed by atoms with Crippen LogP contribution in [-0.2, 0) is 16.0 Å². The number of benzene rings is 2. The monoisotopic (exact) mass is 525 g/mol. The average molecular weight is 526 g/mol. The fourth-order valence-electron chi connectivity index (χ4n) is 5.19. The van der Waals surface area contributed by atoms with Crippen molar-refractivity contribution in [2.24, 2.45) is 0 Å². The number of anilines is 3. The van der Waals surface area contributed by atoms with E-state index in [0.717, 1.165) is 41.0 Å². The van der Waals surface area contributed by atoms with E-state index < -0.39 is 6.43 Å². The molecule has 0 bridgehead atoms. The van der Waals surface area contributed by atoms with Crippen molar-refractivity contribution < 1.29 is 23.0 Å². The highest BCUT2D eigenvalue weighted by Crippen LogP contribution is 2.47. The molecule has 3 aromatic rings. The van der Waals surface area contributed by atoms with E-state index in [2.05, 4.69) is 35.4 Å². The van der Waals surface area contributed by atoms with E-state index in [9.17, 15) is 13.6 Å². The normalized spacial score (nSPS) is 17.3. The minimum absolute atomic E-state index is 0.157. The lowest BCUT2D eigenvalue weighted by atomic mass is 9.98. The summed E-state index contributed by atoms with van der Waals surface area (Å²) in [6.07, 6.45) is -1.96.